The molecule has 7 nitrogen and oxygen atoms in total. The summed E-state index contributed by atoms with van der Waals surface area (Å²) in [6, 6.07) is 3.24. The zero-order valence-corrected chi connectivity index (χ0v) is 14.2. The van der Waals surface area contributed by atoms with Crippen molar-refractivity contribution in [1.29, 1.82) is 0 Å². The van der Waals surface area contributed by atoms with Crippen molar-refractivity contribution in [2.75, 3.05) is 0 Å². The highest BCUT2D eigenvalue weighted by Crippen LogP contribution is 2.38. The Kier molecular flexibility index (Phi) is 5.38. The third-order valence-electron chi connectivity index (χ3n) is 3.85. The van der Waals surface area contributed by atoms with Gasteiger partial charge in [-0.3, -0.25) is 0 Å². The van der Waals surface area contributed by atoms with E-state index >= 15 is 0 Å². The Labute approximate surface area is 143 Å². The van der Waals surface area contributed by atoms with Crippen molar-refractivity contribution in [1.82, 2.24) is 0 Å². The number of sulfone groups is 1. The highest BCUT2D eigenvalue weighted by molar-refractivity contribution is 8.08. The molecule has 0 heterocycles. The topological polar surface area (TPSA) is 117 Å². The van der Waals surface area contributed by atoms with Crippen molar-refractivity contribution in [3.63, 3.8) is 0 Å². The summed E-state index contributed by atoms with van der Waals surface area (Å²) in [6.45, 7) is 0. The first-order chi connectivity index (χ1) is 11.5. The summed E-state index contributed by atoms with van der Waals surface area (Å²) in [5.41, 5.74) is 9.19. The Morgan fingerprint density at radius 2 is 1.76 bits per heavy atom. The van der Waals surface area contributed by atoms with E-state index in [0.29, 0.717) is 12.8 Å². The molecule has 12 heteroatoms. The molecular weight excluding hydrogens is 385 g/mol. The first kappa shape index (κ1) is 19.6. The van der Waals surface area contributed by atoms with E-state index in [1.807, 2.05) is 0 Å². The fraction of sp³-hybridized carbons (Fsp3) is 0.462. The van der Waals surface area contributed by atoms with Gasteiger partial charge in [0.15, 0.2) is 15.8 Å². The molecule has 0 saturated heterocycles. The summed E-state index contributed by atoms with van der Waals surface area (Å²) in [5.74, 6) is -0.629. The zero-order chi connectivity index (χ0) is 18.9. The summed E-state index contributed by atoms with van der Waals surface area (Å²) in [4.78, 5) is 2.28. The van der Waals surface area contributed by atoms with Crippen molar-refractivity contribution >= 4 is 26.0 Å². The maximum atomic E-state index is 12.7. The van der Waals surface area contributed by atoms with E-state index in [0.717, 1.165) is 24.3 Å². The third kappa shape index (κ3) is 3.92. The van der Waals surface area contributed by atoms with Crippen LogP contribution in [0.2, 0.25) is 0 Å². The van der Waals surface area contributed by atoms with Crippen LogP contribution in [-0.2, 0) is 20.9 Å². The molecule has 138 valence electrons. The Morgan fingerprint density at radius 1 is 1.24 bits per heavy atom. The van der Waals surface area contributed by atoms with Gasteiger partial charge in [-0.25, -0.2) is 12.6 Å². The maximum absolute atomic E-state index is 12.7. The van der Waals surface area contributed by atoms with Crippen LogP contribution in [0.25, 0.3) is 5.53 Å². The Hall–Kier alpha value is -1.75. The van der Waals surface area contributed by atoms with Gasteiger partial charge in [0, 0.05) is 0 Å². The van der Waals surface area contributed by atoms with Crippen LogP contribution in [0.5, 0.6) is 5.75 Å². The van der Waals surface area contributed by atoms with E-state index in [1.54, 1.807) is 0 Å². The predicted octanol–water partition coefficient (Wildman–Crippen LogP) is 2.52. The van der Waals surface area contributed by atoms with Crippen LogP contribution in [-0.4, -0.2) is 38.1 Å². The van der Waals surface area contributed by atoms with Crippen molar-refractivity contribution in [3.05, 3.63) is 29.8 Å². The lowest BCUT2D eigenvalue weighted by atomic mass is 10.1. The van der Waals surface area contributed by atoms with E-state index in [-0.39, 0.29) is 12.8 Å². The summed E-state index contributed by atoms with van der Waals surface area (Å²) >= 11 is -2.61. The van der Waals surface area contributed by atoms with Crippen LogP contribution in [0.3, 0.4) is 0 Å². The number of halogens is 3. The normalized spacial score (nSPS) is 18.4. The Morgan fingerprint density at radius 3 is 2.16 bits per heavy atom. The molecule has 1 atom stereocenters. The van der Waals surface area contributed by atoms with Crippen molar-refractivity contribution < 1.29 is 39.9 Å². The smallest absolute Gasteiger partial charge is 0.406 e. The maximum Gasteiger partial charge on any atom is 0.573 e. The van der Waals surface area contributed by atoms with Gasteiger partial charge in [0.2, 0.25) is 0 Å². The molecule has 1 N–H and O–H groups in total. The molecule has 1 fully saturated rings. The number of ether oxygens (including phenoxy) is 1. The number of rotatable bonds is 4. The first-order valence-electron chi connectivity index (χ1n) is 6.97. The van der Waals surface area contributed by atoms with Crippen LogP contribution in [0.15, 0.2) is 29.2 Å². The van der Waals surface area contributed by atoms with Gasteiger partial charge in [-0.05, 0) is 37.1 Å². The van der Waals surface area contributed by atoms with E-state index in [2.05, 4.69) is 9.53 Å². The first-order valence-corrected chi connectivity index (χ1v) is 9.56. The molecule has 0 amide bonds. The minimum absolute atomic E-state index is 0.0317. The van der Waals surface area contributed by atoms with Crippen LogP contribution in [0.1, 0.15) is 25.7 Å². The van der Waals surface area contributed by atoms with Gasteiger partial charge in [-0.15, -0.1) is 13.2 Å². The molecule has 1 aliphatic rings. The van der Waals surface area contributed by atoms with Gasteiger partial charge >= 0.3 is 11.4 Å². The van der Waals surface area contributed by atoms with Crippen LogP contribution in [0, 0.1) is 0 Å². The molecule has 0 aliphatic heterocycles. The molecular formula is C13H13F3N2O5S2. The lowest BCUT2D eigenvalue weighted by Gasteiger charge is -2.19. The minimum Gasteiger partial charge on any atom is -0.406 e. The van der Waals surface area contributed by atoms with Crippen molar-refractivity contribution in [2.24, 2.45) is 0 Å². The predicted molar refractivity (Wildman–Crippen MR) is 80.9 cm³/mol. The van der Waals surface area contributed by atoms with Gasteiger partial charge in [-0.1, -0.05) is 12.8 Å². The number of alkyl halides is 3. The lowest BCUT2D eigenvalue weighted by molar-refractivity contribution is -0.274. The molecule has 0 aromatic heterocycles. The van der Waals surface area contributed by atoms with Gasteiger partial charge in [-0.2, -0.15) is 4.79 Å². The molecule has 1 aromatic carbocycles. The SMILES string of the molecule is [N-]=[N+]=C(C1(S(=O)O)CCCC1)S(=O)(=O)c1ccc(OC(F)(F)F)cc1. The number of hydrogen-bond acceptors (Lipinski definition) is 4. The summed E-state index contributed by atoms with van der Waals surface area (Å²) in [6.07, 6.45) is -3.92. The van der Waals surface area contributed by atoms with E-state index in [4.69, 9.17) is 0 Å². The second-order valence-electron chi connectivity index (χ2n) is 5.38. The average molecular weight is 398 g/mol. The molecule has 0 spiro atoms. The molecule has 1 unspecified atom stereocenters. The average Bonchev–Trinajstić information content (AvgIpc) is 2.97. The highest BCUT2D eigenvalue weighted by Gasteiger charge is 2.57. The second-order valence-corrected chi connectivity index (χ2v) is 8.52. The van der Waals surface area contributed by atoms with Crippen molar-refractivity contribution in [3.8, 4) is 5.75 Å². The largest absolute Gasteiger partial charge is 0.573 e. The second kappa shape index (κ2) is 6.87. The molecule has 1 saturated carbocycles. The van der Waals surface area contributed by atoms with Crippen LogP contribution in [0.4, 0.5) is 13.2 Å². The van der Waals surface area contributed by atoms with E-state index < -0.39 is 47.7 Å². The quantitative estimate of drug-likeness (QED) is 0.275. The van der Waals surface area contributed by atoms with Gasteiger partial charge in [0.25, 0.3) is 9.84 Å². The number of nitrogens with zero attached hydrogens (tertiary/aromatic N) is 2. The lowest BCUT2D eigenvalue weighted by Crippen LogP contribution is -2.45. The fourth-order valence-electron chi connectivity index (χ4n) is 2.73. The standard InChI is InChI=1S/C13H13F3N2O5S2/c14-13(15,16)23-9-3-5-10(6-4-9)25(21,22)11(18-17)12(24(19)20)7-1-2-8-12/h3-6H,1-2,7-8H2,(H,19,20). The number of benzene rings is 1. The monoisotopic (exact) mass is 398 g/mol. The Balaban J connectivity index is 2.43. The van der Waals surface area contributed by atoms with Gasteiger partial charge in [0.05, 0.1) is 4.90 Å². The molecule has 25 heavy (non-hydrogen) atoms. The minimum atomic E-state index is -4.93. The van der Waals surface area contributed by atoms with E-state index in [1.165, 1.54) is 0 Å². The summed E-state index contributed by atoms with van der Waals surface area (Å²) in [7, 11) is -4.49. The zero-order valence-electron chi connectivity index (χ0n) is 12.6. The molecule has 1 aromatic rings. The van der Waals surface area contributed by atoms with Crippen LogP contribution < -0.4 is 4.74 Å². The molecule has 0 radical (unpaired) electrons. The summed E-state index contributed by atoms with van der Waals surface area (Å²) in [5, 5.41) is -0.872. The third-order valence-corrected chi connectivity index (χ3v) is 7.12. The number of hydrogen-bond donors (Lipinski definition) is 1. The van der Waals surface area contributed by atoms with Crippen LogP contribution >= 0.6 is 0 Å². The highest BCUT2D eigenvalue weighted by atomic mass is 32.2. The summed E-state index contributed by atoms with van der Waals surface area (Å²) < 4.78 is 84.9. The molecule has 0 bridgehead atoms. The molecule has 2 rings (SSSR count). The van der Waals surface area contributed by atoms with E-state index in [9.17, 15) is 35.9 Å². The van der Waals surface area contributed by atoms with Crippen molar-refractivity contribution in [2.45, 2.75) is 41.7 Å². The Bertz CT molecular complexity index is 824. The molecule has 1 aliphatic carbocycles. The van der Waals surface area contributed by atoms with Gasteiger partial charge in [0.1, 0.15) is 5.75 Å². The fourth-order valence-corrected chi connectivity index (χ4v) is 5.62. The van der Waals surface area contributed by atoms with Gasteiger partial charge < -0.3 is 14.8 Å².